The van der Waals surface area contributed by atoms with Gasteiger partial charge in [-0.15, -0.1) is 0 Å². The SMILES string of the molecule is COc1c(C)cc(C(=O)C(C)N)c(C)c1Cl. The molecule has 1 aromatic carbocycles. The van der Waals surface area contributed by atoms with E-state index in [1.54, 1.807) is 27.0 Å². The quantitative estimate of drug-likeness (QED) is 0.828. The molecule has 1 unspecified atom stereocenters. The second-order valence-corrected chi connectivity index (χ2v) is 4.24. The molecule has 0 aromatic heterocycles. The van der Waals surface area contributed by atoms with E-state index in [9.17, 15) is 4.79 Å². The van der Waals surface area contributed by atoms with Crippen molar-refractivity contribution in [3.05, 3.63) is 27.8 Å². The van der Waals surface area contributed by atoms with Crippen LogP contribution >= 0.6 is 11.6 Å². The molecule has 2 N–H and O–H groups in total. The number of ketones is 1. The fraction of sp³-hybridized carbons (Fsp3) is 0.417. The van der Waals surface area contributed by atoms with Crippen molar-refractivity contribution in [3.8, 4) is 5.75 Å². The van der Waals surface area contributed by atoms with Crippen LogP contribution in [0.4, 0.5) is 0 Å². The molecule has 1 rings (SSSR count). The lowest BCUT2D eigenvalue weighted by molar-refractivity contribution is 0.0967. The van der Waals surface area contributed by atoms with Crippen molar-refractivity contribution < 1.29 is 9.53 Å². The minimum Gasteiger partial charge on any atom is -0.495 e. The third-order valence-electron chi connectivity index (χ3n) is 2.53. The van der Waals surface area contributed by atoms with Crippen LogP contribution in [0.15, 0.2) is 6.07 Å². The van der Waals surface area contributed by atoms with Gasteiger partial charge in [-0.25, -0.2) is 0 Å². The molecule has 0 spiro atoms. The number of ether oxygens (including phenoxy) is 1. The average molecular weight is 242 g/mol. The molecular weight excluding hydrogens is 226 g/mol. The number of Topliss-reactive ketones (excluding diaryl/α,β-unsaturated/α-hetero) is 1. The van der Waals surface area contributed by atoms with Crippen LogP contribution in [0, 0.1) is 13.8 Å². The van der Waals surface area contributed by atoms with Crippen molar-refractivity contribution in [1.82, 2.24) is 0 Å². The van der Waals surface area contributed by atoms with Crippen molar-refractivity contribution in [1.29, 1.82) is 0 Å². The number of benzene rings is 1. The number of methoxy groups -OCH3 is 1. The van der Waals surface area contributed by atoms with Gasteiger partial charge in [0.25, 0.3) is 0 Å². The highest BCUT2D eigenvalue weighted by atomic mass is 35.5. The van der Waals surface area contributed by atoms with Gasteiger partial charge in [0.05, 0.1) is 18.2 Å². The summed E-state index contributed by atoms with van der Waals surface area (Å²) in [5, 5.41) is 0.478. The van der Waals surface area contributed by atoms with Gasteiger partial charge in [0.15, 0.2) is 5.78 Å². The van der Waals surface area contributed by atoms with Crippen molar-refractivity contribution in [3.63, 3.8) is 0 Å². The molecule has 0 aliphatic carbocycles. The van der Waals surface area contributed by atoms with E-state index in [-0.39, 0.29) is 5.78 Å². The highest BCUT2D eigenvalue weighted by molar-refractivity contribution is 6.33. The van der Waals surface area contributed by atoms with E-state index in [2.05, 4.69) is 0 Å². The van der Waals surface area contributed by atoms with Crippen molar-refractivity contribution in [2.75, 3.05) is 7.11 Å². The highest BCUT2D eigenvalue weighted by Gasteiger charge is 2.19. The van der Waals surface area contributed by atoms with Gasteiger partial charge in [-0.3, -0.25) is 4.79 Å². The molecule has 4 heteroatoms. The van der Waals surface area contributed by atoms with Crippen molar-refractivity contribution in [2.24, 2.45) is 5.73 Å². The van der Waals surface area contributed by atoms with Crippen molar-refractivity contribution >= 4 is 17.4 Å². The van der Waals surface area contributed by atoms with Gasteiger partial charge in [0.2, 0.25) is 0 Å². The number of carbonyl (C=O) groups excluding carboxylic acids is 1. The van der Waals surface area contributed by atoms with Crippen molar-refractivity contribution in [2.45, 2.75) is 26.8 Å². The first-order valence-electron chi connectivity index (χ1n) is 5.03. The molecule has 0 aliphatic rings. The first-order valence-corrected chi connectivity index (χ1v) is 5.41. The number of aryl methyl sites for hydroxylation is 1. The summed E-state index contributed by atoms with van der Waals surface area (Å²) in [4.78, 5) is 11.8. The third kappa shape index (κ3) is 2.20. The van der Waals surface area contributed by atoms with Crippen LogP contribution in [0.2, 0.25) is 5.02 Å². The molecule has 0 saturated heterocycles. The first-order chi connectivity index (χ1) is 7.40. The Balaban J connectivity index is 3.40. The van der Waals surface area contributed by atoms with Crippen LogP contribution in [-0.4, -0.2) is 18.9 Å². The molecule has 0 radical (unpaired) electrons. The molecule has 0 bridgehead atoms. The number of hydrogen-bond donors (Lipinski definition) is 1. The summed E-state index contributed by atoms with van der Waals surface area (Å²) in [6, 6.07) is 1.24. The Kier molecular flexibility index (Phi) is 3.94. The summed E-state index contributed by atoms with van der Waals surface area (Å²) in [5.41, 5.74) is 7.70. The van der Waals surface area contributed by atoms with E-state index in [0.29, 0.717) is 21.9 Å². The molecule has 0 saturated carbocycles. The minimum absolute atomic E-state index is 0.106. The normalized spacial score (nSPS) is 12.4. The number of hydrogen-bond acceptors (Lipinski definition) is 3. The zero-order chi connectivity index (χ0) is 12.5. The highest BCUT2D eigenvalue weighted by Crippen LogP contribution is 2.33. The predicted molar refractivity (Wildman–Crippen MR) is 65.5 cm³/mol. The van der Waals surface area contributed by atoms with Crippen LogP contribution in [0.1, 0.15) is 28.4 Å². The summed E-state index contributed by atoms with van der Waals surface area (Å²) in [5.74, 6) is 0.505. The van der Waals surface area contributed by atoms with Crippen LogP contribution in [0.5, 0.6) is 5.75 Å². The second kappa shape index (κ2) is 4.85. The third-order valence-corrected chi connectivity index (χ3v) is 2.99. The van der Waals surface area contributed by atoms with Gasteiger partial charge < -0.3 is 10.5 Å². The maximum Gasteiger partial charge on any atom is 0.179 e. The lowest BCUT2D eigenvalue weighted by atomic mass is 9.98. The summed E-state index contributed by atoms with van der Waals surface area (Å²) in [6.45, 7) is 5.30. The Bertz CT molecular complexity index is 428. The lowest BCUT2D eigenvalue weighted by Gasteiger charge is -2.14. The molecule has 1 atom stereocenters. The molecular formula is C12H16ClNO2. The van der Waals surface area contributed by atoms with E-state index in [0.717, 1.165) is 5.56 Å². The smallest absolute Gasteiger partial charge is 0.179 e. The molecule has 0 amide bonds. The standard InChI is InChI=1S/C12H16ClNO2/c1-6-5-9(11(15)8(3)14)7(2)10(13)12(6)16-4/h5,8H,14H2,1-4H3. The van der Waals surface area contributed by atoms with Gasteiger partial charge in [-0.1, -0.05) is 11.6 Å². The first kappa shape index (κ1) is 13.0. The van der Waals surface area contributed by atoms with Gasteiger partial charge in [0, 0.05) is 5.56 Å². The number of carbonyl (C=O) groups is 1. The van der Waals surface area contributed by atoms with Gasteiger partial charge in [-0.05, 0) is 38.0 Å². The molecule has 1 aromatic rings. The van der Waals surface area contributed by atoms with E-state index < -0.39 is 6.04 Å². The summed E-state index contributed by atoms with van der Waals surface area (Å²) in [6.07, 6.45) is 0. The van der Waals surface area contributed by atoms with Crippen LogP contribution in [-0.2, 0) is 0 Å². The van der Waals surface area contributed by atoms with Crippen LogP contribution in [0.25, 0.3) is 0 Å². The van der Waals surface area contributed by atoms with Gasteiger partial charge in [0.1, 0.15) is 5.75 Å². The second-order valence-electron chi connectivity index (χ2n) is 3.87. The lowest BCUT2D eigenvalue weighted by Crippen LogP contribution is -2.27. The molecule has 3 nitrogen and oxygen atoms in total. The van der Waals surface area contributed by atoms with E-state index in [1.807, 2.05) is 6.92 Å². The van der Waals surface area contributed by atoms with Gasteiger partial charge >= 0.3 is 0 Å². The Morgan fingerprint density at radius 2 is 2.06 bits per heavy atom. The fourth-order valence-corrected chi connectivity index (χ4v) is 1.93. The zero-order valence-corrected chi connectivity index (χ0v) is 10.7. The largest absolute Gasteiger partial charge is 0.495 e. The molecule has 88 valence electrons. The molecule has 16 heavy (non-hydrogen) atoms. The zero-order valence-electron chi connectivity index (χ0n) is 9.93. The van der Waals surface area contributed by atoms with E-state index in [4.69, 9.17) is 22.1 Å². The summed E-state index contributed by atoms with van der Waals surface area (Å²) in [7, 11) is 1.56. The monoisotopic (exact) mass is 241 g/mol. The average Bonchev–Trinajstić information content (AvgIpc) is 2.23. The molecule has 0 aliphatic heterocycles. The topological polar surface area (TPSA) is 52.3 Å². The Labute approximate surface area is 101 Å². The number of nitrogens with two attached hydrogens (primary N) is 1. The molecule has 0 heterocycles. The summed E-state index contributed by atoms with van der Waals surface area (Å²) < 4.78 is 5.18. The van der Waals surface area contributed by atoms with E-state index in [1.165, 1.54) is 0 Å². The van der Waals surface area contributed by atoms with Gasteiger partial charge in [-0.2, -0.15) is 0 Å². The Morgan fingerprint density at radius 3 is 2.50 bits per heavy atom. The summed E-state index contributed by atoms with van der Waals surface area (Å²) >= 11 is 6.13. The molecule has 0 fully saturated rings. The van der Waals surface area contributed by atoms with Crippen LogP contribution in [0.3, 0.4) is 0 Å². The number of halogens is 1. The van der Waals surface area contributed by atoms with Crippen LogP contribution < -0.4 is 10.5 Å². The Morgan fingerprint density at radius 1 is 1.50 bits per heavy atom. The Hall–Kier alpha value is -1.06. The number of rotatable bonds is 3. The fourth-order valence-electron chi connectivity index (χ4n) is 1.60. The maximum atomic E-state index is 11.8. The van der Waals surface area contributed by atoms with E-state index >= 15 is 0 Å². The maximum absolute atomic E-state index is 11.8. The predicted octanol–water partition coefficient (Wildman–Crippen LogP) is 2.50. The minimum atomic E-state index is -0.525.